The van der Waals surface area contributed by atoms with E-state index in [1.54, 1.807) is 0 Å². The molecule has 0 saturated carbocycles. The highest BCUT2D eigenvalue weighted by molar-refractivity contribution is 4.87. The maximum atomic E-state index is 3.54. The highest BCUT2D eigenvalue weighted by Crippen LogP contribution is 2.42. The monoisotopic (exact) mass is 267 g/mol. The highest BCUT2D eigenvalue weighted by atomic mass is 14.9. The zero-order valence-electron chi connectivity index (χ0n) is 13.8. The van der Waals surface area contributed by atoms with Crippen molar-refractivity contribution in [1.29, 1.82) is 0 Å². The lowest BCUT2D eigenvalue weighted by atomic mass is 9.67. The molecule has 19 heavy (non-hydrogen) atoms. The number of hydrogen-bond donors (Lipinski definition) is 1. The third-order valence-electron chi connectivity index (χ3n) is 5.29. The van der Waals surface area contributed by atoms with Gasteiger partial charge >= 0.3 is 0 Å². The first kappa shape index (κ1) is 17.0. The van der Waals surface area contributed by atoms with Gasteiger partial charge in [-0.15, -0.1) is 0 Å². The minimum Gasteiger partial charge on any atom is -0.317 e. The molecule has 1 N–H and O–H groups in total. The Labute approximate surface area is 121 Å². The number of hydrogen-bond acceptors (Lipinski definition) is 1. The zero-order chi connectivity index (χ0) is 14.0. The van der Waals surface area contributed by atoms with Crippen LogP contribution < -0.4 is 5.32 Å². The Morgan fingerprint density at radius 2 is 1.37 bits per heavy atom. The largest absolute Gasteiger partial charge is 0.317 e. The van der Waals surface area contributed by atoms with E-state index in [-0.39, 0.29) is 0 Å². The van der Waals surface area contributed by atoms with Crippen molar-refractivity contribution >= 4 is 0 Å². The van der Waals surface area contributed by atoms with Crippen molar-refractivity contribution < 1.29 is 0 Å². The minimum atomic E-state index is 0.630. The standard InChI is InChI=1S/C18H37N/c1-4-6-8-10-12-17(11-9-7-5-2)18(3)13-15-19-16-14-18/h17,19H,4-16H2,1-3H3. The molecule has 1 aliphatic rings. The fourth-order valence-corrected chi connectivity index (χ4v) is 3.71. The van der Waals surface area contributed by atoms with Crippen molar-refractivity contribution in [2.45, 2.75) is 91.4 Å². The van der Waals surface area contributed by atoms with E-state index in [2.05, 4.69) is 26.1 Å². The molecule has 0 aromatic heterocycles. The van der Waals surface area contributed by atoms with Crippen LogP contribution in [0.15, 0.2) is 0 Å². The summed E-state index contributed by atoms with van der Waals surface area (Å²) in [5.41, 5.74) is 0.630. The third kappa shape index (κ3) is 6.29. The lowest BCUT2D eigenvalue weighted by molar-refractivity contribution is 0.108. The Kier molecular flexibility index (Phi) is 8.77. The van der Waals surface area contributed by atoms with E-state index in [0.717, 1.165) is 5.92 Å². The second kappa shape index (κ2) is 9.80. The smallest absolute Gasteiger partial charge is 0.00436 e. The molecule has 114 valence electrons. The maximum Gasteiger partial charge on any atom is -0.00436 e. The van der Waals surface area contributed by atoms with Crippen LogP contribution in [0.1, 0.15) is 91.4 Å². The van der Waals surface area contributed by atoms with Crippen LogP contribution in [0.5, 0.6) is 0 Å². The average Bonchev–Trinajstić information content (AvgIpc) is 2.42. The number of piperidine rings is 1. The van der Waals surface area contributed by atoms with Gasteiger partial charge in [0, 0.05) is 0 Å². The second-order valence-electron chi connectivity index (χ2n) is 6.95. The topological polar surface area (TPSA) is 12.0 Å². The van der Waals surface area contributed by atoms with Gasteiger partial charge in [-0.25, -0.2) is 0 Å². The van der Waals surface area contributed by atoms with Gasteiger partial charge in [0.2, 0.25) is 0 Å². The first-order chi connectivity index (χ1) is 9.23. The van der Waals surface area contributed by atoms with Gasteiger partial charge in [-0.3, -0.25) is 0 Å². The van der Waals surface area contributed by atoms with Gasteiger partial charge in [0.05, 0.1) is 0 Å². The van der Waals surface area contributed by atoms with E-state index in [9.17, 15) is 0 Å². The lowest BCUT2D eigenvalue weighted by Crippen LogP contribution is -2.39. The van der Waals surface area contributed by atoms with Crippen molar-refractivity contribution in [3.05, 3.63) is 0 Å². The molecule has 0 aliphatic carbocycles. The molecule has 0 bridgehead atoms. The van der Waals surface area contributed by atoms with E-state index in [4.69, 9.17) is 0 Å². The Hall–Kier alpha value is -0.0400. The Morgan fingerprint density at radius 1 is 0.842 bits per heavy atom. The molecule has 0 radical (unpaired) electrons. The minimum absolute atomic E-state index is 0.630. The van der Waals surface area contributed by atoms with Gasteiger partial charge in [-0.1, -0.05) is 65.7 Å². The molecule has 0 aromatic rings. The fraction of sp³-hybridized carbons (Fsp3) is 1.00. The van der Waals surface area contributed by atoms with E-state index in [1.165, 1.54) is 83.7 Å². The average molecular weight is 268 g/mol. The van der Waals surface area contributed by atoms with Crippen LogP contribution >= 0.6 is 0 Å². The quantitative estimate of drug-likeness (QED) is 0.512. The van der Waals surface area contributed by atoms with E-state index >= 15 is 0 Å². The fourth-order valence-electron chi connectivity index (χ4n) is 3.71. The molecule has 1 atom stereocenters. The summed E-state index contributed by atoms with van der Waals surface area (Å²) in [4.78, 5) is 0. The van der Waals surface area contributed by atoms with Crippen LogP contribution in [-0.4, -0.2) is 13.1 Å². The first-order valence-corrected chi connectivity index (χ1v) is 8.93. The highest BCUT2D eigenvalue weighted by Gasteiger charge is 2.34. The van der Waals surface area contributed by atoms with Crippen LogP contribution in [0.25, 0.3) is 0 Å². The van der Waals surface area contributed by atoms with E-state index in [1.807, 2.05) is 0 Å². The summed E-state index contributed by atoms with van der Waals surface area (Å²) in [6.45, 7) is 9.70. The summed E-state index contributed by atoms with van der Waals surface area (Å²) >= 11 is 0. The van der Waals surface area contributed by atoms with Gasteiger partial charge in [0.1, 0.15) is 0 Å². The van der Waals surface area contributed by atoms with Gasteiger partial charge in [0.25, 0.3) is 0 Å². The molecule has 1 heterocycles. The van der Waals surface area contributed by atoms with Crippen LogP contribution in [0.2, 0.25) is 0 Å². The molecule has 1 unspecified atom stereocenters. The molecule has 1 aliphatic heterocycles. The van der Waals surface area contributed by atoms with Crippen LogP contribution in [-0.2, 0) is 0 Å². The van der Waals surface area contributed by atoms with Crippen LogP contribution in [0, 0.1) is 11.3 Å². The normalized spacial score (nSPS) is 20.4. The Morgan fingerprint density at radius 3 is 1.95 bits per heavy atom. The number of nitrogens with one attached hydrogen (secondary N) is 1. The van der Waals surface area contributed by atoms with E-state index in [0.29, 0.717) is 5.41 Å². The van der Waals surface area contributed by atoms with Gasteiger partial charge in [0.15, 0.2) is 0 Å². The van der Waals surface area contributed by atoms with Crippen LogP contribution in [0.4, 0.5) is 0 Å². The number of rotatable bonds is 10. The molecule has 1 saturated heterocycles. The molecule has 1 rings (SSSR count). The predicted octanol–water partition coefficient (Wildman–Crippen LogP) is 5.54. The summed E-state index contributed by atoms with van der Waals surface area (Å²) in [5, 5.41) is 3.54. The molecule has 0 amide bonds. The van der Waals surface area contributed by atoms with Gasteiger partial charge in [-0.2, -0.15) is 0 Å². The Balaban J connectivity index is 2.41. The molecular weight excluding hydrogens is 230 g/mol. The molecule has 1 heteroatoms. The first-order valence-electron chi connectivity index (χ1n) is 8.93. The predicted molar refractivity (Wildman–Crippen MR) is 86.6 cm³/mol. The molecular formula is C18H37N. The van der Waals surface area contributed by atoms with Crippen molar-refractivity contribution in [3.63, 3.8) is 0 Å². The maximum absolute atomic E-state index is 3.54. The zero-order valence-corrected chi connectivity index (χ0v) is 13.8. The SMILES string of the molecule is CCCCCCC(CCCCC)C1(C)CCNCC1. The summed E-state index contributed by atoms with van der Waals surface area (Å²) in [7, 11) is 0. The molecule has 0 aromatic carbocycles. The van der Waals surface area contributed by atoms with Crippen molar-refractivity contribution in [1.82, 2.24) is 5.32 Å². The summed E-state index contributed by atoms with van der Waals surface area (Å²) in [6, 6.07) is 0. The summed E-state index contributed by atoms with van der Waals surface area (Å²) in [5.74, 6) is 0.984. The molecule has 1 fully saturated rings. The second-order valence-corrected chi connectivity index (χ2v) is 6.95. The van der Waals surface area contributed by atoms with E-state index < -0.39 is 0 Å². The molecule has 1 nitrogen and oxygen atoms in total. The summed E-state index contributed by atoms with van der Waals surface area (Å²) in [6.07, 6.45) is 15.7. The van der Waals surface area contributed by atoms with Crippen molar-refractivity contribution in [2.75, 3.05) is 13.1 Å². The summed E-state index contributed by atoms with van der Waals surface area (Å²) < 4.78 is 0. The molecule has 0 spiro atoms. The number of unbranched alkanes of at least 4 members (excludes halogenated alkanes) is 5. The van der Waals surface area contributed by atoms with Gasteiger partial charge < -0.3 is 5.32 Å². The van der Waals surface area contributed by atoms with Crippen LogP contribution in [0.3, 0.4) is 0 Å². The third-order valence-corrected chi connectivity index (χ3v) is 5.29. The Bertz CT molecular complexity index is 206. The van der Waals surface area contributed by atoms with Crippen molar-refractivity contribution in [2.24, 2.45) is 11.3 Å². The lowest BCUT2D eigenvalue weighted by Gasteiger charge is -2.41. The van der Waals surface area contributed by atoms with Gasteiger partial charge in [-0.05, 0) is 50.1 Å². The van der Waals surface area contributed by atoms with Crippen molar-refractivity contribution in [3.8, 4) is 0 Å².